The number of para-hydroxylation sites is 3. The van der Waals surface area contributed by atoms with Gasteiger partial charge in [-0.05, 0) is 49.2 Å². The third-order valence-corrected chi connectivity index (χ3v) is 4.27. The molecule has 1 fully saturated rings. The molecule has 6 nitrogen and oxygen atoms in total. The predicted octanol–water partition coefficient (Wildman–Crippen LogP) is 4.02. The fourth-order valence-corrected chi connectivity index (χ4v) is 2.65. The number of amides is 2. The van der Waals surface area contributed by atoms with Gasteiger partial charge in [0.1, 0.15) is 11.4 Å². The normalized spacial score (nSPS) is 12.9. The summed E-state index contributed by atoms with van der Waals surface area (Å²) in [7, 11) is 0. The molecular formula is C22H19N3O3. The summed E-state index contributed by atoms with van der Waals surface area (Å²) in [6.45, 7) is 0. The molecule has 0 atom stereocenters. The molecule has 0 spiro atoms. The van der Waals surface area contributed by atoms with Crippen molar-refractivity contribution in [2.75, 3.05) is 5.32 Å². The lowest BCUT2D eigenvalue weighted by molar-refractivity contribution is 0.0946. The van der Waals surface area contributed by atoms with Crippen LogP contribution in [0.3, 0.4) is 0 Å². The van der Waals surface area contributed by atoms with E-state index in [2.05, 4.69) is 15.6 Å². The molecule has 3 aromatic rings. The maximum atomic E-state index is 12.7. The van der Waals surface area contributed by atoms with Crippen molar-refractivity contribution in [2.24, 2.45) is 0 Å². The Morgan fingerprint density at radius 2 is 1.68 bits per heavy atom. The highest BCUT2D eigenvalue weighted by Gasteiger charge is 2.24. The summed E-state index contributed by atoms with van der Waals surface area (Å²) in [6.07, 6.45) is 3.44. The van der Waals surface area contributed by atoms with Crippen LogP contribution in [0.25, 0.3) is 0 Å². The number of nitrogens with one attached hydrogen (secondary N) is 2. The van der Waals surface area contributed by atoms with E-state index in [0.29, 0.717) is 22.7 Å². The fraction of sp³-hybridized carbons (Fsp3) is 0.136. The zero-order valence-electron chi connectivity index (χ0n) is 15.1. The largest absolute Gasteiger partial charge is 0.455 e. The number of hydrogen-bond donors (Lipinski definition) is 2. The van der Waals surface area contributed by atoms with Crippen LogP contribution in [0.4, 0.5) is 5.69 Å². The van der Waals surface area contributed by atoms with Gasteiger partial charge in [-0.1, -0.05) is 30.3 Å². The first kappa shape index (κ1) is 17.7. The van der Waals surface area contributed by atoms with E-state index in [1.165, 1.54) is 12.3 Å². The Hall–Kier alpha value is -3.67. The van der Waals surface area contributed by atoms with E-state index in [9.17, 15) is 9.59 Å². The lowest BCUT2D eigenvalue weighted by atomic mass is 10.2. The van der Waals surface area contributed by atoms with E-state index >= 15 is 0 Å². The summed E-state index contributed by atoms with van der Waals surface area (Å²) in [5, 5.41) is 5.71. The minimum absolute atomic E-state index is 0.230. The van der Waals surface area contributed by atoms with Crippen molar-refractivity contribution in [3.05, 3.63) is 84.2 Å². The van der Waals surface area contributed by atoms with E-state index in [0.717, 1.165) is 12.8 Å². The van der Waals surface area contributed by atoms with Gasteiger partial charge in [-0.15, -0.1) is 0 Å². The molecule has 1 aromatic heterocycles. The molecule has 0 saturated heterocycles. The third kappa shape index (κ3) is 4.35. The number of aromatic nitrogens is 1. The van der Waals surface area contributed by atoms with Gasteiger partial charge in [0.15, 0.2) is 5.75 Å². The summed E-state index contributed by atoms with van der Waals surface area (Å²) in [5.41, 5.74) is 1.12. The molecule has 1 saturated carbocycles. The van der Waals surface area contributed by atoms with Crippen molar-refractivity contribution < 1.29 is 14.3 Å². The first-order valence-electron chi connectivity index (χ1n) is 9.09. The standard InChI is InChI=1S/C22H19N3O3/c26-21(15-12-13-23-19(14-15)22(27)24-16-10-11-16)25-18-8-4-5-9-20(18)28-17-6-2-1-3-7-17/h1-9,12-14,16H,10-11H2,(H,24,27)(H,25,26). The minimum Gasteiger partial charge on any atom is -0.455 e. The molecule has 1 heterocycles. The Balaban J connectivity index is 1.50. The van der Waals surface area contributed by atoms with Crippen molar-refractivity contribution in [3.63, 3.8) is 0 Å². The zero-order chi connectivity index (χ0) is 19.3. The van der Waals surface area contributed by atoms with Crippen LogP contribution >= 0.6 is 0 Å². The van der Waals surface area contributed by atoms with Crippen molar-refractivity contribution in [2.45, 2.75) is 18.9 Å². The molecule has 4 rings (SSSR count). The predicted molar refractivity (Wildman–Crippen MR) is 106 cm³/mol. The average molecular weight is 373 g/mol. The van der Waals surface area contributed by atoms with Crippen LogP contribution in [0.1, 0.15) is 33.7 Å². The molecule has 6 heteroatoms. The first-order valence-corrected chi connectivity index (χ1v) is 9.09. The summed E-state index contributed by atoms with van der Waals surface area (Å²) in [4.78, 5) is 28.9. The molecule has 1 aliphatic carbocycles. The minimum atomic E-state index is -0.341. The molecule has 0 unspecified atom stereocenters. The lowest BCUT2D eigenvalue weighted by Gasteiger charge is -2.12. The first-order chi connectivity index (χ1) is 13.7. The molecule has 0 aliphatic heterocycles. The summed E-state index contributed by atoms with van der Waals surface area (Å²) in [6, 6.07) is 19.8. The summed E-state index contributed by atoms with van der Waals surface area (Å²) < 4.78 is 5.87. The van der Waals surface area contributed by atoms with Crippen molar-refractivity contribution in [1.82, 2.24) is 10.3 Å². The van der Waals surface area contributed by atoms with E-state index in [4.69, 9.17) is 4.74 Å². The number of benzene rings is 2. The Morgan fingerprint density at radius 1 is 0.929 bits per heavy atom. The van der Waals surface area contributed by atoms with Gasteiger partial charge in [0.05, 0.1) is 5.69 Å². The number of anilines is 1. The number of ether oxygens (including phenoxy) is 1. The highest BCUT2D eigenvalue weighted by atomic mass is 16.5. The molecule has 2 amide bonds. The number of rotatable bonds is 6. The molecule has 2 N–H and O–H groups in total. The second-order valence-corrected chi connectivity index (χ2v) is 6.54. The van der Waals surface area contributed by atoms with Gasteiger partial charge in [0.2, 0.25) is 0 Å². The summed E-state index contributed by atoms with van der Waals surface area (Å²) in [5.74, 6) is 0.604. The molecule has 0 radical (unpaired) electrons. The Kier molecular flexibility index (Phi) is 5.01. The molecule has 1 aliphatic rings. The fourth-order valence-electron chi connectivity index (χ4n) is 2.65. The van der Waals surface area contributed by atoms with E-state index in [1.807, 2.05) is 42.5 Å². The smallest absolute Gasteiger partial charge is 0.270 e. The van der Waals surface area contributed by atoms with Crippen molar-refractivity contribution >= 4 is 17.5 Å². The molecule has 0 bridgehead atoms. The van der Waals surface area contributed by atoms with E-state index < -0.39 is 0 Å². The maximum absolute atomic E-state index is 12.7. The van der Waals surface area contributed by atoms with Crippen LogP contribution in [0.5, 0.6) is 11.5 Å². The quantitative estimate of drug-likeness (QED) is 0.684. The second-order valence-electron chi connectivity index (χ2n) is 6.54. The van der Waals surface area contributed by atoms with E-state index in [1.54, 1.807) is 18.2 Å². The number of carbonyl (C=O) groups is 2. The zero-order valence-corrected chi connectivity index (χ0v) is 15.1. The van der Waals surface area contributed by atoms with Gasteiger partial charge < -0.3 is 15.4 Å². The molecular weight excluding hydrogens is 354 g/mol. The number of nitrogens with zero attached hydrogens (tertiary/aromatic N) is 1. The van der Waals surface area contributed by atoms with Crippen molar-refractivity contribution in [3.8, 4) is 11.5 Å². The molecule has 140 valence electrons. The average Bonchev–Trinajstić information content (AvgIpc) is 3.54. The van der Waals surface area contributed by atoms with Crippen LogP contribution in [-0.2, 0) is 0 Å². The topological polar surface area (TPSA) is 80.3 Å². The van der Waals surface area contributed by atoms with Crippen molar-refractivity contribution in [1.29, 1.82) is 0 Å². The van der Waals surface area contributed by atoms with Crippen LogP contribution in [0.15, 0.2) is 72.9 Å². The van der Waals surface area contributed by atoms with Crippen LogP contribution < -0.4 is 15.4 Å². The summed E-state index contributed by atoms with van der Waals surface area (Å²) >= 11 is 0. The van der Waals surface area contributed by atoms with Gasteiger partial charge in [-0.25, -0.2) is 0 Å². The number of pyridine rings is 1. The van der Waals surface area contributed by atoms with Gasteiger partial charge in [0, 0.05) is 17.8 Å². The second kappa shape index (κ2) is 7.92. The van der Waals surface area contributed by atoms with Gasteiger partial charge in [0.25, 0.3) is 11.8 Å². The van der Waals surface area contributed by atoms with E-state index in [-0.39, 0.29) is 23.6 Å². The van der Waals surface area contributed by atoms with Crippen LogP contribution in [0, 0.1) is 0 Å². The Labute approximate surface area is 162 Å². The highest BCUT2D eigenvalue weighted by Crippen LogP contribution is 2.29. The lowest BCUT2D eigenvalue weighted by Crippen LogP contribution is -2.26. The van der Waals surface area contributed by atoms with Crippen LogP contribution in [0.2, 0.25) is 0 Å². The molecule has 28 heavy (non-hydrogen) atoms. The Bertz CT molecular complexity index is 1000. The molecule has 2 aromatic carbocycles. The monoisotopic (exact) mass is 373 g/mol. The third-order valence-electron chi connectivity index (χ3n) is 4.27. The highest BCUT2D eigenvalue weighted by molar-refractivity contribution is 6.06. The van der Waals surface area contributed by atoms with Gasteiger partial charge in [-0.2, -0.15) is 0 Å². The van der Waals surface area contributed by atoms with Gasteiger partial charge in [-0.3, -0.25) is 14.6 Å². The van der Waals surface area contributed by atoms with Gasteiger partial charge >= 0.3 is 0 Å². The number of carbonyl (C=O) groups excluding carboxylic acids is 2. The van der Waals surface area contributed by atoms with Crippen LogP contribution in [-0.4, -0.2) is 22.8 Å². The SMILES string of the molecule is O=C(Nc1ccccc1Oc1ccccc1)c1ccnc(C(=O)NC2CC2)c1. The Morgan fingerprint density at radius 3 is 2.46 bits per heavy atom. The maximum Gasteiger partial charge on any atom is 0.270 e. The number of hydrogen-bond acceptors (Lipinski definition) is 4.